The third-order valence-electron chi connectivity index (χ3n) is 1.21. The summed E-state index contributed by atoms with van der Waals surface area (Å²) in [6.45, 7) is 2.10. The molecule has 0 aliphatic heterocycles. The van der Waals surface area contributed by atoms with Crippen LogP contribution in [0, 0.1) is 0 Å². The number of nitrogens with zero attached hydrogens (tertiary/aromatic N) is 1. The molecule has 1 heterocycles. The first-order valence-corrected chi connectivity index (χ1v) is 3.67. The Kier molecular flexibility index (Phi) is 3.19. The van der Waals surface area contributed by atoms with Crippen molar-refractivity contribution in [1.82, 2.24) is 5.16 Å². The first-order chi connectivity index (χ1) is 5.43. The Morgan fingerprint density at radius 3 is 3.09 bits per heavy atom. The lowest BCUT2D eigenvalue weighted by Gasteiger charge is -1.76. The number of aromatic nitrogens is 1. The van der Waals surface area contributed by atoms with Gasteiger partial charge < -0.3 is 4.52 Å². The fourth-order valence-electron chi connectivity index (χ4n) is 0.677. The van der Waals surface area contributed by atoms with E-state index in [1.807, 2.05) is 24.3 Å². The number of hydrogen-bond donors (Lipinski definition) is 0. The molecule has 0 bridgehead atoms. The highest BCUT2D eigenvalue weighted by Crippen LogP contribution is 1.97. The van der Waals surface area contributed by atoms with Crippen molar-refractivity contribution in [3.8, 4) is 0 Å². The van der Waals surface area contributed by atoms with E-state index < -0.39 is 0 Å². The van der Waals surface area contributed by atoms with Crippen molar-refractivity contribution in [3.63, 3.8) is 0 Å². The molecular formula is C9H11NO. The van der Waals surface area contributed by atoms with Gasteiger partial charge in [0.05, 0.1) is 0 Å². The zero-order chi connectivity index (χ0) is 7.94. The van der Waals surface area contributed by atoms with E-state index in [1.54, 1.807) is 6.26 Å². The molecule has 0 aliphatic rings. The van der Waals surface area contributed by atoms with Gasteiger partial charge in [0.1, 0.15) is 12.0 Å². The molecule has 2 heteroatoms. The van der Waals surface area contributed by atoms with Gasteiger partial charge in [-0.3, -0.25) is 0 Å². The minimum atomic E-state index is 0.853. The van der Waals surface area contributed by atoms with Crippen LogP contribution in [0.3, 0.4) is 0 Å². The molecule has 1 aromatic rings. The second-order valence-corrected chi connectivity index (χ2v) is 2.12. The SMILES string of the molecule is CCC=CC=Cc1ccon1. The zero-order valence-electron chi connectivity index (χ0n) is 6.53. The van der Waals surface area contributed by atoms with Crippen molar-refractivity contribution in [2.24, 2.45) is 0 Å². The molecule has 11 heavy (non-hydrogen) atoms. The summed E-state index contributed by atoms with van der Waals surface area (Å²) < 4.78 is 4.65. The summed E-state index contributed by atoms with van der Waals surface area (Å²) in [5.74, 6) is 0. The maximum atomic E-state index is 4.65. The van der Waals surface area contributed by atoms with Crippen LogP contribution in [0.1, 0.15) is 19.0 Å². The Labute approximate surface area is 66.2 Å². The molecule has 0 saturated heterocycles. The van der Waals surface area contributed by atoms with E-state index in [1.165, 1.54) is 0 Å². The average molecular weight is 149 g/mol. The Bertz CT molecular complexity index is 234. The molecule has 1 aromatic heterocycles. The minimum Gasteiger partial charge on any atom is -0.364 e. The topological polar surface area (TPSA) is 26.0 Å². The Morgan fingerprint density at radius 2 is 2.45 bits per heavy atom. The summed E-state index contributed by atoms with van der Waals surface area (Å²) in [5, 5.41) is 3.72. The summed E-state index contributed by atoms with van der Waals surface area (Å²) >= 11 is 0. The van der Waals surface area contributed by atoms with Gasteiger partial charge in [0, 0.05) is 6.07 Å². The normalized spacial score (nSPS) is 11.7. The van der Waals surface area contributed by atoms with Gasteiger partial charge in [-0.15, -0.1) is 0 Å². The fourth-order valence-corrected chi connectivity index (χ4v) is 0.677. The van der Waals surface area contributed by atoms with E-state index in [-0.39, 0.29) is 0 Å². The third-order valence-corrected chi connectivity index (χ3v) is 1.21. The largest absolute Gasteiger partial charge is 0.364 e. The Morgan fingerprint density at radius 1 is 1.55 bits per heavy atom. The predicted molar refractivity (Wildman–Crippen MR) is 45.0 cm³/mol. The van der Waals surface area contributed by atoms with Gasteiger partial charge in [-0.1, -0.05) is 30.3 Å². The number of allylic oxidation sites excluding steroid dienone is 3. The van der Waals surface area contributed by atoms with Crippen molar-refractivity contribution in [2.45, 2.75) is 13.3 Å². The van der Waals surface area contributed by atoms with Crippen LogP contribution in [0.2, 0.25) is 0 Å². The van der Waals surface area contributed by atoms with E-state index >= 15 is 0 Å². The fraction of sp³-hybridized carbons (Fsp3) is 0.222. The van der Waals surface area contributed by atoms with Crippen LogP contribution in [0.25, 0.3) is 6.08 Å². The molecular weight excluding hydrogens is 138 g/mol. The van der Waals surface area contributed by atoms with E-state index in [4.69, 9.17) is 0 Å². The summed E-state index contributed by atoms with van der Waals surface area (Å²) in [6, 6.07) is 1.82. The summed E-state index contributed by atoms with van der Waals surface area (Å²) in [6.07, 6.45) is 10.5. The lowest BCUT2D eigenvalue weighted by atomic mass is 10.3. The van der Waals surface area contributed by atoms with Gasteiger partial charge in [-0.2, -0.15) is 0 Å². The molecule has 0 aromatic carbocycles. The van der Waals surface area contributed by atoms with Crippen molar-refractivity contribution < 1.29 is 4.52 Å². The molecule has 0 radical (unpaired) electrons. The van der Waals surface area contributed by atoms with Crippen LogP contribution >= 0.6 is 0 Å². The lowest BCUT2D eigenvalue weighted by molar-refractivity contribution is 0.418. The van der Waals surface area contributed by atoms with Crippen LogP contribution in [0.15, 0.2) is 35.1 Å². The van der Waals surface area contributed by atoms with E-state index in [0.717, 1.165) is 12.1 Å². The van der Waals surface area contributed by atoms with Crippen molar-refractivity contribution in [3.05, 3.63) is 36.3 Å². The smallest absolute Gasteiger partial charge is 0.124 e. The quantitative estimate of drug-likeness (QED) is 0.617. The first kappa shape index (κ1) is 7.79. The lowest BCUT2D eigenvalue weighted by Crippen LogP contribution is -1.64. The second kappa shape index (κ2) is 4.50. The summed E-state index contributed by atoms with van der Waals surface area (Å²) in [4.78, 5) is 0. The van der Waals surface area contributed by atoms with Gasteiger partial charge in [0.15, 0.2) is 0 Å². The highest BCUT2D eigenvalue weighted by Gasteiger charge is 1.84. The van der Waals surface area contributed by atoms with Gasteiger partial charge >= 0.3 is 0 Å². The molecule has 0 N–H and O–H groups in total. The molecule has 0 fully saturated rings. The Hall–Kier alpha value is -1.31. The molecule has 58 valence electrons. The minimum absolute atomic E-state index is 0.853. The molecule has 0 saturated carbocycles. The maximum absolute atomic E-state index is 4.65. The van der Waals surface area contributed by atoms with Gasteiger partial charge in [-0.25, -0.2) is 0 Å². The van der Waals surface area contributed by atoms with Gasteiger partial charge in [0.25, 0.3) is 0 Å². The van der Waals surface area contributed by atoms with Gasteiger partial charge in [0.2, 0.25) is 0 Å². The van der Waals surface area contributed by atoms with E-state index in [0.29, 0.717) is 0 Å². The predicted octanol–water partition coefficient (Wildman–Crippen LogP) is 2.65. The van der Waals surface area contributed by atoms with Crippen LogP contribution in [-0.4, -0.2) is 5.16 Å². The highest BCUT2D eigenvalue weighted by molar-refractivity contribution is 5.45. The molecule has 0 atom stereocenters. The van der Waals surface area contributed by atoms with E-state index in [9.17, 15) is 0 Å². The van der Waals surface area contributed by atoms with Crippen molar-refractivity contribution >= 4 is 6.08 Å². The monoisotopic (exact) mass is 149 g/mol. The molecule has 0 spiro atoms. The van der Waals surface area contributed by atoms with Crippen LogP contribution < -0.4 is 0 Å². The average Bonchev–Trinajstić information content (AvgIpc) is 2.50. The molecule has 0 amide bonds. The second-order valence-electron chi connectivity index (χ2n) is 2.12. The van der Waals surface area contributed by atoms with Crippen LogP contribution in [-0.2, 0) is 0 Å². The van der Waals surface area contributed by atoms with E-state index in [2.05, 4.69) is 22.7 Å². The molecule has 2 nitrogen and oxygen atoms in total. The van der Waals surface area contributed by atoms with Crippen molar-refractivity contribution in [2.75, 3.05) is 0 Å². The number of rotatable bonds is 3. The molecule has 1 rings (SSSR count). The van der Waals surface area contributed by atoms with Crippen LogP contribution in [0.5, 0.6) is 0 Å². The first-order valence-electron chi connectivity index (χ1n) is 3.67. The van der Waals surface area contributed by atoms with Gasteiger partial charge in [-0.05, 0) is 12.5 Å². The van der Waals surface area contributed by atoms with Crippen LogP contribution in [0.4, 0.5) is 0 Å². The third kappa shape index (κ3) is 2.85. The Balaban J connectivity index is 2.43. The maximum Gasteiger partial charge on any atom is 0.124 e. The zero-order valence-corrected chi connectivity index (χ0v) is 6.53. The summed E-state index contributed by atoms with van der Waals surface area (Å²) in [5.41, 5.74) is 0.853. The number of hydrogen-bond acceptors (Lipinski definition) is 2. The summed E-state index contributed by atoms with van der Waals surface area (Å²) in [7, 11) is 0. The van der Waals surface area contributed by atoms with Crippen molar-refractivity contribution in [1.29, 1.82) is 0 Å². The highest BCUT2D eigenvalue weighted by atomic mass is 16.5. The molecule has 0 aliphatic carbocycles. The molecule has 0 unspecified atom stereocenters. The standard InChI is InChI=1S/C9H11NO/c1-2-3-4-5-6-9-7-8-11-10-9/h3-8H,2H2,1H3.